The Hall–Kier alpha value is -2.73. The minimum absolute atomic E-state index is 0.0400. The Morgan fingerprint density at radius 1 is 1.22 bits per heavy atom. The lowest BCUT2D eigenvalue weighted by molar-refractivity contribution is -0.117. The number of rotatable bonds is 4. The molecule has 0 atom stereocenters. The van der Waals surface area contributed by atoms with E-state index in [-0.39, 0.29) is 19.1 Å². The predicted octanol–water partition coefficient (Wildman–Crippen LogP) is 2.35. The highest BCUT2D eigenvalue weighted by molar-refractivity contribution is 6.32. The summed E-state index contributed by atoms with van der Waals surface area (Å²) in [6, 6.07) is 10.0. The number of carbonyl (C=O) groups excluding carboxylic acids is 2. The van der Waals surface area contributed by atoms with Gasteiger partial charge in [-0.2, -0.15) is 0 Å². The highest BCUT2D eigenvalue weighted by Gasteiger charge is 2.21. The molecule has 0 saturated heterocycles. The van der Waals surface area contributed by atoms with E-state index in [1.165, 1.54) is 6.07 Å². The molecule has 2 amide bonds. The first-order chi connectivity index (χ1) is 11.0. The zero-order valence-electron chi connectivity index (χ0n) is 12.0. The average molecular weight is 333 g/mol. The van der Waals surface area contributed by atoms with Gasteiger partial charge in [-0.1, -0.05) is 29.8 Å². The van der Waals surface area contributed by atoms with Gasteiger partial charge in [0.1, 0.15) is 0 Å². The molecular weight excluding hydrogens is 320 g/mol. The predicted molar refractivity (Wildman–Crippen MR) is 84.9 cm³/mol. The van der Waals surface area contributed by atoms with Crippen LogP contribution in [0.4, 0.5) is 5.69 Å². The van der Waals surface area contributed by atoms with Crippen molar-refractivity contribution in [3.05, 3.63) is 52.5 Å². The lowest BCUT2D eigenvalue weighted by atomic mass is 10.1. The summed E-state index contributed by atoms with van der Waals surface area (Å²) in [5.74, 6) is 0.00496. The largest absolute Gasteiger partial charge is 0.454 e. The molecule has 1 heterocycles. The second-order valence-corrected chi connectivity index (χ2v) is 5.35. The van der Waals surface area contributed by atoms with Gasteiger partial charge in [-0.15, -0.1) is 0 Å². The third-order valence-corrected chi connectivity index (χ3v) is 3.60. The number of benzene rings is 2. The second-order valence-electron chi connectivity index (χ2n) is 4.95. The van der Waals surface area contributed by atoms with Crippen LogP contribution < -0.4 is 20.5 Å². The molecule has 0 spiro atoms. The molecule has 3 N–H and O–H groups in total. The molecule has 2 aromatic carbocycles. The number of halogens is 1. The Morgan fingerprint density at radius 3 is 2.78 bits per heavy atom. The molecule has 0 bridgehead atoms. The van der Waals surface area contributed by atoms with Crippen LogP contribution in [0.2, 0.25) is 5.02 Å². The van der Waals surface area contributed by atoms with Crippen LogP contribution >= 0.6 is 11.6 Å². The number of primary amides is 1. The Labute approximate surface area is 137 Å². The molecule has 0 radical (unpaired) electrons. The fraction of sp³-hybridized carbons (Fsp3) is 0.125. The van der Waals surface area contributed by atoms with Crippen LogP contribution in [0.3, 0.4) is 0 Å². The molecule has 0 unspecified atom stereocenters. The first-order valence-electron chi connectivity index (χ1n) is 6.81. The van der Waals surface area contributed by atoms with E-state index >= 15 is 0 Å². The van der Waals surface area contributed by atoms with Gasteiger partial charge in [-0.25, -0.2) is 0 Å². The van der Waals surface area contributed by atoms with Crippen molar-refractivity contribution >= 4 is 29.1 Å². The molecule has 0 saturated carbocycles. The van der Waals surface area contributed by atoms with Gasteiger partial charge in [0.05, 0.1) is 11.4 Å². The van der Waals surface area contributed by atoms with Gasteiger partial charge in [0.2, 0.25) is 12.7 Å². The number of fused-ring (bicyclic) bond motifs is 1. The summed E-state index contributed by atoms with van der Waals surface area (Å²) in [4.78, 5) is 23.5. The van der Waals surface area contributed by atoms with Crippen LogP contribution in [-0.4, -0.2) is 18.6 Å². The number of nitrogens with one attached hydrogen (secondary N) is 1. The summed E-state index contributed by atoms with van der Waals surface area (Å²) in [5.41, 5.74) is 6.70. The van der Waals surface area contributed by atoms with E-state index in [0.717, 1.165) is 0 Å². The number of ether oxygens (including phenoxy) is 2. The molecule has 7 heteroatoms. The molecule has 23 heavy (non-hydrogen) atoms. The van der Waals surface area contributed by atoms with Gasteiger partial charge in [0, 0.05) is 11.3 Å². The average Bonchev–Trinajstić information content (AvgIpc) is 2.97. The van der Waals surface area contributed by atoms with E-state index in [1.807, 2.05) is 0 Å². The van der Waals surface area contributed by atoms with E-state index in [2.05, 4.69) is 5.32 Å². The van der Waals surface area contributed by atoms with Gasteiger partial charge in [-0.05, 0) is 23.8 Å². The van der Waals surface area contributed by atoms with Gasteiger partial charge in [-0.3, -0.25) is 9.59 Å². The minimum Gasteiger partial charge on any atom is -0.454 e. The number of amides is 2. The molecule has 118 valence electrons. The first-order valence-corrected chi connectivity index (χ1v) is 7.19. The number of hydrogen-bond donors (Lipinski definition) is 2. The number of nitrogens with two attached hydrogens (primary N) is 1. The maximum Gasteiger partial charge on any atom is 0.255 e. The molecule has 1 aliphatic rings. The van der Waals surface area contributed by atoms with Crippen LogP contribution in [0, 0.1) is 0 Å². The highest BCUT2D eigenvalue weighted by atomic mass is 35.5. The summed E-state index contributed by atoms with van der Waals surface area (Å²) in [6.07, 6.45) is 0.0400. The molecule has 0 aromatic heterocycles. The maximum absolute atomic E-state index is 12.4. The van der Waals surface area contributed by atoms with Crippen LogP contribution in [0.15, 0.2) is 36.4 Å². The fourth-order valence-electron chi connectivity index (χ4n) is 2.28. The van der Waals surface area contributed by atoms with Crippen molar-refractivity contribution in [3.63, 3.8) is 0 Å². The van der Waals surface area contributed by atoms with Gasteiger partial charge in [0.25, 0.3) is 5.91 Å². The smallest absolute Gasteiger partial charge is 0.255 e. The van der Waals surface area contributed by atoms with E-state index in [0.29, 0.717) is 33.3 Å². The van der Waals surface area contributed by atoms with Gasteiger partial charge >= 0.3 is 0 Å². The van der Waals surface area contributed by atoms with Crippen molar-refractivity contribution in [2.45, 2.75) is 6.42 Å². The highest BCUT2D eigenvalue weighted by Crippen LogP contribution is 2.39. The molecule has 6 nitrogen and oxygen atoms in total. The molecule has 1 aliphatic heterocycles. The van der Waals surface area contributed by atoms with Gasteiger partial charge in [0.15, 0.2) is 11.5 Å². The fourth-order valence-corrected chi connectivity index (χ4v) is 2.54. The number of hydrogen-bond acceptors (Lipinski definition) is 4. The maximum atomic E-state index is 12.4. The van der Waals surface area contributed by atoms with Crippen molar-refractivity contribution in [1.82, 2.24) is 0 Å². The number of carbonyl (C=O) groups is 2. The third kappa shape index (κ3) is 3.22. The lowest BCUT2D eigenvalue weighted by Gasteiger charge is -2.10. The van der Waals surface area contributed by atoms with Crippen LogP contribution in [0.5, 0.6) is 11.5 Å². The zero-order valence-corrected chi connectivity index (χ0v) is 12.7. The van der Waals surface area contributed by atoms with E-state index in [4.69, 9.17) is 26.8 Å². The molecular formula is C16H13ClN2O4. The minimum atomic E-state index is -0.474. The topological polar surface area (TPSA) is 90.7 Å². The quantitative estimate of drug-likeness (QED) is 0.899. The number of anilines is 1. The summed E-state index contributed by atoms with van der Waals surface area (Å²) >= 11 is 6.08. The molecule has 0 fully saturated rings. The summed E-state index contributed by atoms with van der Waals surface area (Å²) in [5, 5.41) is 3.05. The van der Waals surface area contributed by atoms with Crippen LogP contribution in [0.1, 0.15) is 15.9 Å². The van der Waals surface area contributed by atoms with Crippen LogP contribution in [0.25, 0.3) is 0 Å². The number of para-hydroxylation sites is 1. The SMILES string of the molecule is NC(=O)Cc1ccccc1NC(=O)c1cc(Cl)c2c(c1)OCO2. The Bertz CT molecular complexity index is 792. The zero-order chi connectivity index (χ0) is 16.4. The molecule has 3 rings (SSSR count). The summed E-state index contributed by atoms with van der Waals surface area (Å²) < 4.78 is 10.5. The molecule has 2 aromatic rings. The summed E-state index contributed by atoms with van der Waals surface area (Å²) in [6.45, 7) is 0.0710. The van der Waals surface area contributed by atoms with Crippen molar-refractivity contribution in [1.29, 1.82) is 0 Å². The third-order valence-electron chi connectivity index (χ3n) is 3.32. The monoisotopic (exact) mass is 332 g/mol. The van der Waals surface area contributed by atoms with Crippen molar-refractivity contribution in [3.8, 4) is 11.5 Å². The van der Waals surface area contributed by atoms with Crippen molar-refractivity contribution in [2.24, 2.45) is 5.73 Å². The standard InChI is InChI=1S/C16H13ClN2O4/c17-11-5-10(6-13-15(11)23-8-22-13)16(21)19-12-4-2-1-3-9(12)7-14(18)20/h1-6H,7-8H2,(H2,18,20)(H,19,21). The first kappa shape index (κ1) is 15.2. The lowest BCUT2D eigenvalue weighted by Crippen LogP contribution is -2.17. The van der Waals surface area contributed by atoms with Crippen molar-refractivity contribution < 1.29 is 19.1 Å². The van der Waals surface area contributed by atoms with Crippen molar-refractivity contribution in [2.75, 3.05) is 12.1 Å². The van der Waals surface area contributed by atoms with Crippen LogP contribution in [-0.2, 0) is 11.2 Å². The van der Waals surface area contributed by atoms with E-state index in [9.17, 15) is 9.59 Å². The van der Waals surface area contributed by atoms with E-state index in [1.54, 1.807) is 30.3 Å². The summed E-state index contributed by atoms with van der Waals surface area (Å²) in [7, 11) is 0. The Morgan fingerprint density at radius 2 is 2.00 bits per heavy atom. The molecule has 0 aliphatic carbocycles. The Balaban J connectivity index is 1.86. The van der Waals surface area contributed by atoms with Gasteiger partial charge < -0.3 is 20.5 Å². The Kier molecular flexibility index (Phi) is 4.08. The van der Waals surface area contributed by atoms with E-state index < -0.39 is 5.91 Å². The second kappa shape index (κ2) is 6.18. The normalized spacial score (nSPS) is 12.0.